The van der Waals surface area contributed by atoms with Gasteiger partial charge in [0, 0.05) is 6.07 Å². The van der Waals surface area contributed by atoms with E-state index < -0.39 is 17.6 Å². The molecule has 0 saturated heterocycles. The van der Waals surface area contributed by atoms with Crippen LogP contribution in [0.3, 0.4) is 0 Å². The zero-order valence-electron chi connectivity index (χ0n) is 17.8. The minimum atomic E-state index is -0.536. The smallest absolute Gasteiger partial charge is 0.282 e. The van der Waals surface area contributed by atoms with E-state index in [1.54, 1.807) is 30.3 Å². The average molecular weight is 432 g/mol. The third kappa shape index (κ3) is 3.80. The molecule has 0 aliphatic carbocycles. The van der Waals surface area contributed by atoms with Gasteiger partial charge in [0.25, 0.3) is 11.8 Å². The molecule has 0 atom stereocenters. The van der Waals surface area contributed by atoms with Crippen molar-refractivity contribution in [1.29, 1.82) is 0 Å². The van der Waals surface area contributed by atoms with Crippen LogP contribution in [0.1, 0.15) is 11.1 Å². The van der Waals surface area contributed by atoms with Crippen LogP contribution in [0.15, 0.2) is 72.4 Å². The van der Waals surface area contributed by atoms with Crippen LogP contribution in [0.2, 0.25) is 0 Å². The molecule has 1 heterocycles. The number of carbonyl (C=O) groups is 2. The summed E-state index contributed by atoms with van der Waals surface area (Å²) in [5.41, 5.74) is 2.49. The summed E-state index contributed by atoms with van der Waals surface area (Å²) >= 11 is 0. The Labute approximate surface area is 184 Å². The van der Waals surface area contributed by atoms with E-state index in [4.69, 9.17) is 9.47 Å². The molecule has 0 spiro atoms. The molecule has 0 bridgehead atoms. The number of anilines is 2. The van der Waals surface area contributed by atoms with Gasteiger partial charge in [-0.3, -0.25) is 9.59 Å². The molecular weight excluding hydrogens is 411 g/mol. The fourth-order valence-electron chi connectivity index (χ4n) is 3.57. The summed E-state index contributed by atoms with van der Waals surface area (Å²) in [5, 5.41) is 3.09. The predicted molar refractivity (Wildman–Crippen MR) is 120 cm³/mol. The molecule has 6 nitrogen and oxygen atoms in total. The summed E-state index contributed by atoms with van der Waals surface area (Å²) in [6, 6.07) is 17.6. The van der Waals surface area contributed by atoms with Crippen LogP contribution in [0.25, 0.3) is 5.57 Å². The van der Waals surface area contributed by atoms with E-state index in [9.17, 15) is 14.0 Å². The van der Waals surface area contributed by atoms with Gasteiger partial charge in [0.2, 0.25) is 0 Å². The molecule has 2 amide bonds. The third-order valence-corrected chi connectivity index (χ3v) is 5.14. The average Bonchev–Trinajstić information content (AvgIpc) is 3.04. The number of imide groups is 1. The molecule has 0 unspecified atom stereocenters. The van der Waals surface area contributed by atoms with Crippen molar-refractivity contribution in [2.75, 3.05) is 24.4 Å². The summed E-state index contributed by atoms with van der Waals surface area (Å²) in [7, 11) is 3.03. The first-order valence-corrected chi connectivity index (χ1v) is 9.87. The van der Waals surface area contributed by atoms with E-state index in [2.05, 4.69) is 5.32 Å². The number of rotatable bonds is 6. The molecular formula is C25H21FN2O4. The summed E-state index contributed by atoms with van der Waals surface area (Å²) in [6.45, 7) is 1.91. The Bertz CT molecular complexity index is 1230. The number of nitrogens with one attached hydrogen (secondary N) is 1. The minimum Gasteiger partial charge on any atom is -0.497 e. The molecule has 1 N–H and O–H groups in total. The first kappa shape index (κ1) is 21.1. The fraction of sp³-hybridized carbons (Fsp3) is 0.120. The number of hydrogen-bond donors (Lipinski definition) is 1. The second-order valence-corrected chi connectivity index (χ2v) is 7.23. The van der Waals surface area contributed by atoms with E-state index in [1.807, 2.05) is 19.1 Å². The number of amides is 2. The van der Waals surface area contributed by atoms with E-state index in [1.165, 1.54) is 38.5 Å². The maximum atomic E-state index is 13.5. The minimum absolute atomic E-state index is 0.0772. The van der Waals surface area contributed by atoms with Crippen molar-refractivity contribution in [3.05, 3.63) is 89.4 Å². The van der Waals surface area contributed by atoms with Crippen LogP contribution < -0.4 is 19.7 Å². The Kier molecular flexibility index (Phi) is 5.64. The molecule has 0 aromatic heterocycles. The molecule has 7 heteroatoms. The first-order valence-electron chi connectivity index (χ1n) is 9.87. The highest BCUT2D eigenvalue weighted by Crippen LogP contribution is 2.36. The Hall–Kier alpha value is -4.13. The van der Waals surface area contributed by atoms with Gasteiger partial charge >= 0.3 is 0 Å². The van der Waals surface area contributed by atoms with Crippen molar-refractivity contribution in [3.63, 3.8) is 0 Å². The maximum absolute atomic E-state index is 13.5. The van der Waals surface area contributed by atoms with Crippen molar-refractivity contribution in [1.82, 2.24) is 0 Å². The zero-order valence-corrected chi connectivity index (χ0v) is 17.8. The largest absolute Gasteiger partial charge is 0.497 e. The second-order valence-electron chi connectivity index (χ2n) is 7.23. The van der Waals surface area contributed by atoms with Gasteiger partial charge in [0.15, 0.2) is 0 Å². The van der Waals surface area contributed by atoms with Crippen LogP contribution in [-0.4, -0.2) is 26.0 Å². The standard InChI is InChI=1S/C25H21FN2O4/c1-15-7-12-21(32-3)20(13-15)27-23-22(16-8-10-17(26)11-9-16)24(29)28(25(23)30)18-5-4-6-19(14-18)31-2/h4-14,27H,1-3H3. The number of hydrogen-bond acceptors (Lipinski definition) is 5. The second kappa shape index (κ2) is 8.55. The Balaban J connectivity index is 1.85. The summed E-state index contributed by atoms with van der Waals surface area (Å²) in [4.78, 5) is 28.0. The summed E-state index contributed by atoms with van der Waals surface area (Å²) in [6.07, 6.45) is 0. The van der Waals surface area contributed by atoms with Crippen molar-refractivity contribution >= 4 is 28.8 Å². The van der Waals surface area contributed by atoms with Gasteiger partial charge in [0.1, 0.15) is 23.0 Å². The van der Waals surface area contributed by atoms with Crippen molar-refractivity contribution in [2.24, 2.45) is 0 Å². The zero-order chi connectivity index (χ0) is 22.8. The van der Waals surface area contributed by atoms with Crippen LogP contribution in [0.4, 0.5) is 15.8 Å². The quantitative estimate of drug-likeness (QED) is 0.579. The van der Waals surface area contributed by atoms with Crippen LogP contribution in [0.5, 0.6) is 11.5 Å². The molecule has 3 aromatic carbocycles. The molecule has 32 heavy (non-hydrogen) atoms. The molecule has 3 aromatic rings. The van der Waals surface area contributed by atoms with Gasteiger partial charge in [-0.1, -0.05) is 24.3 Å². The van der Waals surface area contributed by atoms with Gasteiger partial charge in [-0.15, -0.1) is 0 Å². The van der Waals surface area contributed by atoms with Crippen molar-refractivity contribution in [2.45, 2.75) is 6.92 Å². The Morgan fingerprint density at radius 3 is 2.31 bits per heavy atom. The van der Waals surface area contributed by atoms with Gasteiger partial charge in [-0.05, 0) is 54.4 Å². The lowest BCUT2D eigenvalue weighted by Crippen LogP contribution is -2.32. The monoisotopic (exact) mass is 432 g/mol. The lowest BCUT2D eigenvalue weighted by atomic mass is 10.0. The topological polar surface area (TPSA) is 67.9 Å². The van der Waals surface area contributed by atoms with Crippen LogP contribution in [-0.2, 0) is 9.59 Å². The lowest BCUT2D eigenvalue weighted by molar-refractivity contribution is -0.120. The highest BCUT2D eigenvalue weighted by Gasteiger charge is 2.40. The number of aryl methyl sites for hydroxylation is 1. The van der Waals surface area contributed by atoms with Gasteiger partial charge < -0.3 is 14.8 Å². The van der Waals surface area contributed by atoms with E-state index in [0.717, 1.165) is 10.5 Å². The number of carbonyl (C=O) groups excluding carboxylic acids is 2. The molecule has 0 radical (unpaired) electrons. The molecule has 1 aliphatic rings. The van der Waals surface area contributed by atoms with Crippen molar-refractivity contribution in [3.8, 4) is 11.5 Å². The number of ether oxygens (including phenoxy) is 2. The van der Waals surface area contributed by atoms with Crippen molar-refractivity contribution < 1.29 is 23.5 Å². The third-order valence-electron chi connectivity index (χ3n) is 5.14. The summed E-state index contributed by atoms with van der Waals surface area (Å²) in [5.74, 6) is -0.476. The van der Waals surface area contributed by atoms with Crippen LogP contribution in [0, 0.1) is 12.7 Å². The fourth-order valence-corrected chi connectivity index (χ4v) is 3.57. The normalized spacial score (nSPS) is 13.6. The molecule has 1 aliphatic heterocycles. The number of halogens is 1. The first-order chi connectivity index (χ1) is 15.4. The molecule has 0 fully saturated rings. The Morgan fingerprint density at radius 1 is 0.875 bits per heavy atom. The summed E-state index contributed by atoms with van der Waals surface area (Å²) < 4.78 is 24.2. The van der Waals surface area contributed by atoms with Crippen LogP contribution >= 0.6 is 0 Å². The van der Waals surface area contributed by atoms with Gasteiger partial charge in [-0.2, -0.15) is 0 Å². The highest BCUT2D eigenvalue weighted by molar-refractivity contribution is 6.46. The Morgan fingerprint density at radius 2 is 1.62 bits per heavy atom. The molecule has 162 valence electrons. The number of nitrogens with zero attached hydrogens (tertiary/aromatic N) is 1. The number of methoxy groups -OCH3 is 2. The lowest BCUT2D eigenvalue weighted by Gasteiger charge is -2.17. The van der Waals surface area contributed by atoms with Gasteiger partial charge in [-0.25, -0.2) is 9.29 Å². The maximum Gasteiger partial charge on any atom is 0.282 e. The highest BCUT2D eigenvalue weighted by atomic mass is 19.1. The predicted octanol–water partition coefficient (Wildman–Crippen LogP) is 4.55. The SMILES string of the molecule is COc1cccc(N2C(=O)C(Nc3cc(C)ccc3OC)=C(c3ccc(F)cc3)C2=O)c1. The molecule has 4 rings (SSSR count). The van der Waals surface area contributed by atoms with E-state index in [-0.39, 0.29) is 11.3 Å². The van der Waals surface area contributed by atoms with Gasteiger partial charge in [0.05, 0.1) is 31.2 Å². The molecule has 0 saturated carbocycles. The number of benzene rings is 3. The van der Waals surface area contributed by atoms with E-state index >= 15 is 0 Å². The van der Waals surface area contributed by atoms with E-state index in [0.29, 0.717) is 28.4 Å².